The molecule has 0 saturated heterocycles. The van der Waals surface area contributed by atoms with Crippen LogP contribution in [0.3, 0.4) is 0 Å². The predicted octanol–water partition coefficient (Wildman–Crippen LogP) is 2.09. The molecule has 0 amide bonds. The van der Waals surface area contributed by atoms with Crippen LogP contribution in [0.2, 0.25) is 0 Å². The van der Waals surface area contributed by atoms with E-state index in [0.717, 1.165) is 12.8 Å². The monoisotopic (exact) mass is 359 g/mol. The van der Waals surface area contributed by atoms with Gasteiger partial charge in [0.15, 0.2) is 0 Å². The molecule has 0 heterocycles. The standard InChI is InChI=1S/C10H12O2.Pt/c11-10(12)8-4-7-9-5-2-1-3-6-9;/h1-3,5-6H,4,7-8H2,(H,11,12);. The molecule has 1 aromatic carbocycles. The molecule has 0 aliphatic heterocycles. The zero-order valence-corrected chi connectivity index (χ0v) is 9.45. The smallest absolute Gasteiger partial charge is 0.303 e. The van der Waals surface area contributed by atoms with Crippen LogP contribution in [0.1, 0.15) is 18.4 Å². The van der Waals surface area contributed by atoms with Crippen molar-refractivity contribution in [3.63, 3.8) is 0 Å². The molecule has 0 aromatic heterocycles. The third-order valence-corrected chi connectivity index (χ3v) is 1.70. The van der Waals surface area contributed by atoms with Gasteiger partial charge in [-0.05, 0) is 18.4 Å². The zero-order valence-electron chi connectivity index (χ0n) is 7.18. The van der Waals surface area contributed by atoms with Gasteiger partial charge in [0.05, 0.1) is 0 Å². The zero-order chi connectivity index (χ0) is 8.81. The second-order valence-electron chi connectivity index (χ2n) is 2.73. The molecule has 0 radical (unpaired) electrons. The Labute approximate surface area is 92.2 Å². The number of hydrogen-bond acceptors (Lipinski definition) is 1. The Hall–Kier alpha value is -0.622. The number of carboxylic acid groups (broad SMARTS) is 1. The second kappa shape index (κ2) is 6.85. The minimum Gasteiger partial charge on any atom is -0.481 e. The van der Waals surface area contributed by atoms with Gasteiger partial charge in [-0.25, -0.2) is 0 Å². The fraction of sp³-hybridized carbons (Fsp3) is 0.300. The normalized spacial score (nSPS) is 8.92. The van der Waals surface area contributed by atoms with Crippen LogP contribution in [0.4, 0.5) is 0 Å². The van der Waals surface area contributed by atoms with Crippen molar-refractivity contribution < 1.29 is 31.0 Å². The van der Waals surface area contributed by atoms with Crippen molar-refractivity contribution in [1.82, 2.24) is 0 Å². The van der Waals surface area contributed by atoms with E-state index in [1.807, 2.05) is 30.3 Å². The van der Waals surface area contributed by atoms with Gasteiger partial charge in [-0.3, -0.25) is 4.79 Å². The fourth-order valence-electron chi connectivity index (χ4n) is 1.09. The summed E-state index contributed by atoms with van der Waals surface area (Å²) in [5.41, 5.74) is 1.21. The van der Waals surface area contributed by atoms with Crippen molar-refractivity contribution in [2.24, 2.45) is 0 Å². The Morgan fingerprint density at radius 1 is 1.23 bits per heavy atom. The Balaban J connectivity index is 0.00000144. The van der Waals surface area contributed by atoms with E-state index in [-0.39, 0.29) is 27.5 Å². The summed E-state index contributed by atoms with van der Waals surface area (Å²) in [6.07, 6.45) is 1.83. The van der Waals surface area contributed by atoms with Gasteiger partial charge in [-0.15, -0.1) is 0 Å². The first-order chi connectivity index (χ1) is 5.79. The van der Waals surface area contributed by atoms with E-state index < -0.39 is 5.97 Å². The van der Waals surface area contributed by atoms with Crippen LogP contribution in [-0.4, -0.2) is 11.1 Å². The average molecular weight is 359 g/mol. The molecule has 74 valence electrons. The molecule has 3 heteroatoms. The SMILES string of the molecule is O=C(O)CCCc1ccccc1.[Pt]. The van der Waals surface area contributed by atoms with Crippen molar-refractivity contribution in [2.45, 2.75) is 19.3 Å². The first kappa shape index (κ1) is 12.4. The van der Waals surface area contributed by atoms with Crippen molar-refractivity contribution in [3.8, 4) is 0 Å². The summed E-state index contributed by atoms with van der Waals surface area (Å²) < 4.78 is 0. The Morgan fingerprint density at radius 3 is 2.38 bits per heavy atom. The fourth-order valence-corrected chi connectivity index (χ4v) is 1.09. The van der Waals surface area contributed by atoms with E-state index in [2.05, 4.69) is 0 Å². The van der Waals surface area contributed by atoms with E-state index in [0.29, 0.717) is 0 Å². The maximum Gasteiger partial charge on any atom is 0.303 e. The molecular formula is C10H12O2Pt. The molecule has 0 saturated carbocycles. The molecular weight excluding hydrogens is 347 g/mol. The topological polar surface area (TPSA) is 37.3 Å². The quantitative estimate of drug-likeness (QED) is 0.894. The van der Waals surface area contributed by atoms with Crippen molar-refractivity contribution in [1.29, 1.82) is 0 Å². The van der Waals surface area contributed by atoms with E-state index in [4.69, 9.17) is 5.11 Å². The molecule has 0 bridgehead atoms. The summed E-state index contributed by atoms with van der Waals surface area (Å²) in [5, 5.41) is 8.39. The van der Waals surface area contributed by atoms with Gasteiger partial charge >= 0.3 is 5.97 Å². The Kier molecular flexibility index (Phi) is 6.52. The summed E-state index contributed by atoms with van der Waals surface area (Å²) in [6, 6.07) is 9.93. The van der Waals surface area contributed by atoms with Gasteiger partial charge in [0.1, 0.15) is 0 Å². The van der Waals surface area contributed by atoms with Gasteiger partial charge in [0.2, 0.25) is 0 Å². The third kappa shape index (κ3) is 5.59. The van der Waals surface area contributed by atoms with Crippen LogP contribution in [0.5, 0.6) is 0 Å². The summed E-state index contributed by atoms with van der Waals surface area (Å²) in [7, 11) is 0. The summed E-state index contributed by atoms with van der Waals surface area (Å²) in [4.78, 5) is 10.2. The number of benzene rings is 1. The molecule has 1 rings (SSSR count). The van der Waals surface area contributed by atoms with E-state index in [1.165, 1.54) is 5.56 Å². The van der Waals surface area contributed by atoms with E-state index in [9.17, 15) is 4.79 Å². The second-order valence-corrected chi connectivity index (χ2v) is 2.73. The maximum absolute atomic E-state index is 10.2. The minimum absolute atomic E-state index is 0. The number of aryl methyl sites for hydroxylation is 1. The van der Waals surface area contributed by atoms with Crippen LogP contribution in [0, 0.1) is 0 Å². The largest absolute Gasteiger partial charge is 0.481 e. The molecule has 2 nitrogen and oxygen atoms in total. The van der Waals surface area contributed by atoms with Crippen LogP contribution in [0.15, 0.2) is 30.3 Å². The minimum atomic E-state index is -0.717. The summed E-state index contributed by atoms with van der Waals surface area (Å²) >= 11 is 0. The molecule has 0 aliphatic rings. The van der Waals surface area contributed by atoms with Crippen LogP contribution in [0.25, 0.3) is 0 Å². The van der Waals surface area contributed by atoms with Gasteiger partial charge in [0.25, 0.3) is 0 Å². The van der Waals surface area contributed by atoms with Gasteiger partial charge in [-0.2, -0.15) is 0 Å². The molecule has 0 atom stereocenters. The maximum atomic E-state index is 10.2. The number of aliphatic carboxylic acids is 1. The first-order valence-corrected chi connectivity index (χ1v) is 4.05. The van der Waals surface area contributed by atoms with Crippen LogP contribution in [-0.2, 0) is 32.3 Å². The van der Waals surface area contributed by atoms with Gasteiger partial charge in [0, 0.05) is 27.5 Å². The van der Waals surface area contributed by atoms with Crippen molar-refractivity contribution in [3.05, 3.63) is 35.9 Å². The number of carbonyl (C=O) groups is 1. The molecule has 0 unspecified atom stereocenters. The van der Waals surface area contributed by atoms with Crippen molar-refractivity contribution in [2.75, 3.05) is 0 Å². The Morgan fingerprint density at radius 2 is 1.85 bits per heavy atom. The summed E-state index contributed by atoms with van der Waals surface area (Å²) in [5.74, 6) is -0.717. The van der Waals surface area contributed by atoms with Crippen LogP contribution < -0.4 is 0 Å². The number of carboxylic acids is 1. The predicted molar refractivity (Wildman–Crippen MR) is 47.0 cm³/mol. The van der Waals surface area contributed by atoms with Gasteiger partial charge in [-0.1, -0.05) is 30.3 Å². The molecule has 0 fully saturated rings. The molecule has 1 N–H and O–H groups in total. The first-order valence-electron chi connectivity index (χ1n) is 4.05. The molecule has 1 aromatic rings. The summed E-state index contributed by atoms with van der Waals surface area (Å²) in [6.45, 7) is 0. The molecule has 0 spiro atoms. The van der Waals surface area contributed by atoms with Gasteiger partial charge < -0.3 is 5.11 Å². The molecule has 13 heavy (non-hydrogen) atoms. The van der Waals surface area contributed by atoms with Crippen molar-refractivity contribution >= 4 is 5.97 Å². The van der Waals surface area contributed by atoms with E-state index >= 15 is 0 Å². The third-order valence-electron chi connectivity index (χ3n) is 1.70. The number of hydrogen-bond donors (Lipinski definition) is 1. The van der Waals surface area contributed by atoms with Crippen LogP contribution >= 0.6 is 0 Å². The Bertz CT molecular complexity index is 246. The average Bonchev–Trinajstić information content (AvgIpc) is 2.05. The number of rotatable bonds is 4. The van der Waals surface area contributed by atoms with E-state index in [1.54, 1.807) is 0 Å². The molecule has 0 aliphatic carbocycles.